The van der Waals surface area contributed by atoms with Crippen LogP contribution in [0.4, 0.5) is 5.82 Å². The van der Waals surface area contributed by atoms with Crippen LogP contribution in [0.15, 0.2) is 12.7 Å². The third-order valence-electron chi connectivity index (χ3n) is 5.04. The quantitative estimate of drug-likeness (QED) is 0.444. The van der Waals surface area contributed by atoms with Gasteiger partial charge in [0.2, 0.25) is 5.91 Å². The van der Waals surface area contributed by atoms with E-state index in [-0.39, 0.29) is 24.5 Å². The number of aromatic nitrogens is 4. The predicted octanol–water partition coefficient (Wildman–Crippen LogP) is -1.60. The SMILES string of the molecule is O=C1CC(Nc2ncnc3c2ncn3[C@@H]2C[C@H](CO)[C@@H](O)[C@H]2O)CN1. The maximum absolute atomic E-state index is 11.3. The fourth-order valence-electron chi connectivity index (χ4n) is 3.66. The highest BCUT2D eigenvalue weighted by atomic mass is 16.3. The number of aliphatic hydroxyl groups is 3. The molecule has 10 heteroatoms. The lowest BCUT2D eigenvalue weighted by molar-refractivity contribution is -0.119. The summed E-state index contributed by atoms with van der Waals surface area (Å²) in [6.45, 7) is 0.336. The second-order valence-electron chi connectivity index (χ2n) is 6.62. The van der Waals surface area contributed by atoms with Gasteiger partial charge in [-0.1, -0.05) is 0 Å². The van der Waals surface area contributed by atoms with Crippen molar-refractivity contribution in [3.05, 3.63) is 12.7 Å². The van der Waals surface area contributed by atoms with Crippen molar-refractivity contribution in [1.82, 2.24) is 24.8 Å². The van der Waals surface area contributed by atoms with Gasteiger partial charge in [-0.3, -0.25) is 4.79 Å². The Labute approximate surface area is 142 Å². The molecule has 134 valence electrons. The number of carbonyl (C=O) groups is 1. The van der Waals surface area contributed by atoms with Crippen LogP contribution in [0.1, 0.15) is 18.9 Å². The Morgan fingerprint density at radius 2 is 2.12 bits per heavy atom. The van der Waals surface area contributed by atoms with Crippen molar-refractivity contribution in [2.45, 2.75) is 37.1 Å². The molecule has 1 saturated heterocycles. The van der Waals surface area contributed by atoms with Gasteiger partial charge in [-0.25, -0.2) is 15.0 Å². The van der Waals surface area contributed by atoms with Crippen LogP contribution < -0.4 is 10.6 Å². The van der Waals surface area contributed by atoms with Gasteiger partial charge in [0, 0.05) is 25.5 Å². The van der Waals surface area contributed by atoms with E-state index < -0.39 is 18.2 Å². The molecule has 0 spiro atoms. The Balaban J connectivity index is 1.64. The zero-order valence-electron chi connectivity index (χ0n) is 13.4. The maximum Gasteiger partial charge on any atom is 0.222 e. The Morgan fingerprint density at radius 1 is 1.28 bits per heavy atom. The summed E-state index contributed by atoms with van der Waals surface area (Å²) < 4.78 is 1.71. The Morgan fingerprint density at radius 3 is 2.80 bits per heavy atom. The molecule has 0 aromatic carbocycles. The number of anilines is 1. The lowest BCUT2D eigenvalue weighted by Crippen LogP contribution is -2.30. The second kappa shape index (κ2) is 6.21. The molecule has 3 heterocycles. The van der Waals surface area contributed by atoms with Gasteiger partial charge in [0.1, 0.15) is 17.9 Å². The van der Waals surface area contributed by atoms with Crippen molar-refractivity contribution in [3.63, 3.8) is 0 Å². The number of aliphatic hydroxyl groups excluding tert-OH is 3. The first-order chi connectivity index (χ1) is 12.1. The molecule has 1 amide bonds. The van der Waals surface area contributed by atoms with E-state index in [1.807, 2.05) is 0 Å². The number of nitrogens with zero attached hydrogens (tertiary/aromatic N) is 4. The summed E-state index contributed by atoms with van der Waals surface area (Å²) in [5, 5.41) is 35.6. The lowest BCUT2D eigenvalue weighted by Gasteiger charge is -2.18. The highest BCUT2D eigenvalue weighted by Crippen LogP contribution is 2.37. The standard InChI is InChI=1S/C15H20N6O4/c22-4-7-1-9(13(25)12(7)24)21-6-19-11-14(17-5-18-15(11)21)20-8-2-10(23)16-3-8/h5-9,12-13,22,24-25H,1-4H2,(H,16,23)(H,17,18,20)/t7-,8?,9-,12-,13+/m1/s1. The van der Waals surface area contributed by atoms with Crippen LogP contribution in [0.2, 0.25) is 0 Å². The topological polar surface area (TPSA) is 145 Å². The number of carbonyl (C=O) groups excluding carboxylic acids is 1. The summed E-state index contributed by atoms with van der Waals surface area (Å²) in [6, 6.07) is -0.483. The van der Waals surface area contributed by atoms with E-state index in [4.69, 9.17) is 0 Å². The monoisotopic (exact) mass is 348 g/mol. The molecule has 2 aromatic heterocycles. The molecule has 1 unspecified atom stereocenters. The third-order valence-corrected chi connectivity index (χ3v) is 5.04. The van der Waals surface area contributed by atoms with Gasteiger partial charge in [-0.2, -0.15) is 0 Å². The van der Waals surface area contributed by atoms with Gasteiger partial charge < -0.3 is 30.5 Å². The first kappa shape index (κ1) is 16.2. The van der Waals surface area contributed by atoms with Crippen molar-refractivity contribution >= 4 is 22.9 Å². The smallest absolute Gasteiger partial charge is 0.222 e. The summed E-state index contributed by atoms with van der Waals surface area (Å²) in [7, 11) is 0. The highest BCUT2D eigenvalue weighted by Gasteiger charge is 2.42. The van der Waals surface area contributed by atoms with E-state index in [1.54, 1.807) is 10.9 Å². The van der Waals surface area contributed by atoms with Gasteiger partial charge in [0.05, 0.1) is 24.5 Å². The Kier molecular flexibility index (Phi) is 4.02. The number of rotatable bonds is 4. The molecule has 4 rings (SSSR count). The predicted molar refractivity (Wildman–Crippen MR) is 86.6 cm³/mol. The molecular weight excluding hydrogens is 328 g/mol. The fourth-order valence-corrected chi connectivity index (χ4v) is 3.66. The highest BCUT2D eigenvalue weighted by molar-refractivity contribution is 5.84. The molecule has 5 atom stereocenters. The van der Waals surface area contributed by atoms with E-state index in [0.717, 1.165) is 0 Å². The molecule has 1 saturated carbocycles. The summed E-state index contributed by atoms with van der Waals surface area (Å²) >= 11 is 0. The molecule has 2 fully saturated rings. The second-order valence-corrected chi connectivity index (χ2v) is 6.62. The first-order valence-corrected chi connectivity index (χ1v) is 8.26. The normalized spacial score (nSPS) is 32.3. The van der Waals surface area contributed by atoms with Gasteiger partial charge in [-0.15, -0.1) is 0 Å². The summed E-state index contributed by atoms with van der Waals surface area (Å²) in [5.41, 5.74) is 1.07. The Bertz CT molecular complexity index is 795. The summed E-state index contributed by atoms with van der Waals surface area (Å²) in [4.78, 5) is 24.2. The molecule has 2 aromatic rings. The van der Waals surface area contributed by atoms with E-state index in [0.29, 0.717) is 36.4 Å². The minimum Gasteiger partial charge on any atom is -0.396 e. The minimum atomic E-state index is -1.00. The molecule has 1 aliphatic carbocycles. The molecule has 5 N–H and O–H groups in total. The summed E-state index contributed by atoms with van der Waals surface area (Å²) in [6.07, 6.45) is 1.77. The molecule has 10 nitrogen and oxygen atoms in total. The van der Waals surface area contributed by atoms with E-state index >= 15 is 0 Å². The molecule has 0 bridgehead atoms. The van der Waals surface area contributed by atoms with Crippen LogP contribution in [-0.4, -0.2) is 72.1 Å². The van der Waals surface area contributed by atoms with Crippen LogP contribution in [0.5, 0.6) is 0 Å². The number of imidazole rings is 1. The third kappa shape index (κ3) is 2.71. The fraction of sp³-hybridized carbons (Fsp3) is 0.600. The van der Waals surface area contributed by atoms with Crippen LogP contribution in [0.25, 0.3) is 11.2 Å². The molecule has 0 radical (unpaired) electrons. The molecule has 1 aliphatic heterocycles. The maximum atomic E-state index is 11.3. The number of fused-ring (bicyclic) bond motifs is 1. The van der Waals surface area contributed by atoms with Crippen LogP contribution in [0, 0.1) is 5.92 Å². The van der Waals surface area contributed by atoms with Crippen molar-refractivity contribution in [2.75, 3.05) is 18.5 Å². The Hall–Kier alpha value is -2.30. The van der Waals surface area contributed by atoms with Crippen molar-refractivity contribution < 1.29 is 20.1 Å². The number of hydrogen-bond acceptors (Lipinski definition) is 8. The lowest BCUT2D eigenvalue weighted by atomic mass is 10.1. The van der Waals surface area contributed by atoms with Gasteiger partial charge in [0.25, 0.3) is 0 Å². The zero-order chi connectivity index (χ0) is 17.6. The first-order valence-electron chi connectivity index (χ1n) is 8.26. The largest absolute Gasteiger partial charge is 0.396 e. The van der Waals surface area contributed by atoms with Gasteiger partial charge >= 0.3 is 0 Å². The van der Waals surface area contributed by atoms with Crippen molar-refractivity contribution in [2.24, 2.45) is 5.92 Å². The van der Waals surface area contributed by atoms with Crippen molar-refractivity contribution in [3.8, 4) is 0 Å². The minimum absolute atomic E-state index is 0.00793. The number of amides is 1. The van der Waals surface area contributed by atoms with Crippen LogP contribution in [-0.2, 0) is 4.79 Å². The number of hydrogen-bond donors (Lipinski definition) is 5. The van der Waals surface area contributed by atoms with Crippen LogP contribution >= 0.6 is 0 Å². The van der Waals surface area contributed by atoms with Gasteiger partial charge in [0.15, 0.2) is 11.5 Å². The van der Waals surface area contributed by atoms with Crippen LogP contribution in [0.3, 0.4) is 0 Å². The molecule has 25 heavy (non-hydrogen) atoms. The average Bonchev–Trinajstić information content (AvgIpc) is 3.28. The van der Waals surface area contributed by atoms with E-state index in [9.17, 15) is 20.1 Å². The molecular formula is C15H20N6O4. The average molecular weight is 348 g/mol. The van der Waals surface area contributed by atoms with Gasteiger partial charge in [-0.05, 0) is 6.42 Å². The van der Waals surface area contributed by atoms with E-state index in [1.165, 1.54) is 6.33 Å². The number of nitrogens with one attached hydrogen (secondary N) is 2. The van der Waals surface area contributed by atoms with Crippen molar-refractivity contribution in [1.29, 1.82) is 0 Å². The van der Waals surface area contributed by atoms with E-state index in [2.05, 4.69) is 25.6 Å². The summed E-state index contributed by atoms with van der Waals surface area (Å²) in [5.74, 6) is 0.135. The zero-order valence-corrected chi connectivity index (χ0v) is 13.4. The molecule has 2 aliphatic rings.